The summed E-state index contributed by atoms with van der Waals surface area (Å²) in [6.07, 6.45) is -10.5. The van der Waals surface area contributed by atoms with E-state index in [-0.39, 0.29) is 11.3 Å². The van der Waals surface area contributed by atoms with Crippen molar-refractivity contribution < 1.29 is 49.0 Å². The number of nitrogens with one attached hydrogen (secondary N) is 1. The van der Waals surface area contributed by atoms with Gasteiger partial charge in [0, 0.05) is 0 Å². The van der Waals surface area contributed by atoms with E-state index < -0.39 is 61.9 Å². The maximum absolute atomic E-state index is 13.6. The lowest BCUT2D eigenvalue weighted by molar-refractivity contribution is -0.138. The normalized spacial score (nSPS) is 12.1. The summed E-state index contributed by atoms with van der Waals surface area (Å²) in [6.45, 7) is 0. The number of alkyl halides is 6. The molecule has 5 aromatic rings. The Labute approximate surface area is 265 Å². The van der Waals surface area contributed by atoms with E-state index in [0.717, 1.165) is 6.07 Å². The molecular weight excluding hydrogens is 648 g/mol. The van der Waals surface area contributed by atoms with Crippen LogP contribution >= 0.6 is 0 Å². The lowest BCUT2D eigenvalue weighted by Gasteiger charge is -2.20. The molecule has 0 unspecified atom stereocenters. The Hall–Kier alpha value is -5.30. The van der Waals surface area contributed by atoms with Crippen LogP contribution in [0.3, 0.4) is 0 Å². The van der Waals surface area contributed by atoms with Crippen LogP contribution in [-0.4, -0.2) is 14.4 Å². The Bertz CT molecular complexity index is 1930. The van der Waals surface area contributed by atoms with E-state index in [9.17, 15) is 39.6 Å². The highest BCUT2D eigenvalue weighted by atomic mass is 32.2. The topological polar surface area (TPSA) is 81.7 Å². The number of ether oxygens (including phenoxy) is 2. The van der Waals surface area contributed by atoms with E-state index in [2.05, 4.69) is 0 Å². The number of rotatable bonds is 9. The monoisotopic (exact) mass is 671 g/mol. The molecule has 13 heteroatoms. The third kappa shape index (κ3) is 7.93. The first-order valence-corrected chi connectivity index (χ1v) is 15.2. The van der Waals surface area contributed by atoms with Crippen LogP contribution in [0.15, 0.2) is 132 Å². The number of esters is 1. The second kappa shape index (κ2) is 13.2. The summed E-state index contributed by atoms with van der Waals surface area (Å²) >= 11 is 0. The van der Waals surface area contributed by atoms with E-state index in [1.54, 1.807) is 60.7 Å². The molecule has 0 spiro atoms. The predicted octanol–water partition coefficient (Wildman–Crippen LogP) is 9.26. The van der Waals surface area contributed by atoms with Crippen LogP contribution in [0.4, 0.5) is 32.0 Å². The molecule has 47 heavy (non-hydrogen) atoms. The summed E-state index contributed by atoms with van der Waals surface area (Å²) in [6, 6.07) is 27.8. The van der Waals surface area contributed by atoms with Crippen LogP contribution in [0.5, 0.6) is 11.5 Å². The number of benzene rings is 5. The first-order valence-electron chi connectivity index (χ1n) is 13.7. The van der Waals surface area contributed by atoms with Crippen molar-refractivity contribution in [2.75, 3.05) is 4.72 Å². The minimum atomic E-state index is -4.89. The standard InChI is InChI=1S/C34H23F6NO5S/c35-33(36,37)24-15-18-26(19-16-24)47(43,44)41-28-21-25(34(38,39)40)17-20-30(28)45-29-14-8-7-13-27(29)32(42)46-31(22-9-3-1-4-10-22)23-11-5-2-6-12-23/h1-21,31,41H. The first kappa shape index (κ1) is 33.1. The molecule has 0 saturated heterocycles. The number of para-hydroxylation sites is 1. The third-order valence-electron chi connectivity index (χ3n) is 6.80. The van der Waals surface area contributed by atoms with Crippen molar-refractivity contribution in [2.45, 2.75) is 23.4 Å². The lowest BCUT2D eigenvalue weighted by atomic mass is 10.0. The van der Waals surface area contributed by atoms with Crippen molar-refractivity contribution in [3.63, 3.8) is 0 Å². The van der Waals surface area contributed by atoms with Crippen LogP contribution in [0.2, 0.25) is 0 Å². The van der Waals surface area contributed by atoms with Crippen LogP contribution < -0.4 is 9.46 Å². The van der Waals surface area contributed by atoms with Gasteiger partial charge in [-0.1, -0.05) is 72.8 Å². The van der Waals surface area contributed by atoms with Crippen molar-refractivity contribution in [3.8, 4) is 11.5 Å². The van der Waals surface area contributed by atoms with E-state index in [4.69, 9.17) is 9.47 Å². The largest absolute Gasteiger partial charge is 0.454 e. The number of hydrogen-bond donors (Lipinski definition) is 1. The second-order valence-electron chi connectivity index (χ2n) is 10.0. The molecule has 0 aliphatic heterocycles. The van der Waals surface area contributed by atoms with Crippen molar-refractivity contribution in [1.82, 2.24) is 0 Å². The molecule has 0 heterocycles. The fourth-order valence-electron chi connectivity index (χ4n) is 4.50. The minimum Gasteiger partial charge on any atom is -0.454 e. The van der Waals surface area contributed by atoms with Crippen molar-refractivity contribution in [2.24, 2.45) is 0 Å². The number of anilines is 1. The molecule has 5 rings (SSSR count). The Kier molecular flexibility index (Phi) is 9.29. The number of halogens is 6. The van der Waals surface area contributed by atoms with Crippen molar-refractivity contribution in [3.05, 3.63) is 155 Å². The van der Waals surface area contributed by atoms with Gasteiger partial charge < -0.3 is 9.47 Å². The number of carbonyl (C=O) groups excluding carboxylic acids is 1. The van der Waals surface area contributed by atoms with Gasteiger partial charge in [-0.25, -0.2) is 13.2 Å². The Morgan fingerprint density at radius 2 is 1.13 bits per heavy atom. The molecule has 0 bridgehead atoms. The van der Waals surface area contributed by atoms with E-state index in [0.29, 0.717) is 47.5 Å². The summed E-state index contributed by atoms with van der Waals surface area (Å²) in [4.78, 5) is 12.9. The highest BCUT2D eigenvalue weighted by Crippen LogP contribution is 2.39. The molecule has 0 atom stereocenters. The van der Waals surface area contributed by atoms with Gasteiger partial charge in [-0.15, -0.1) is 0 Å². The molecule has 0 aromatic heterocycles. The van der Waals surface area contributed by atoms with Gasteiger partial charge in [0.1, 0.15) is 11.3 Å². The molecule has 0 saturated carbocycles. The third-order valence-corrected chi connectivity index (χ3v) is 8.18. The summed E-state index contributed by atoms with van der Waals surface area (Å²) < 4.78 is 120. The fourth-order valence-corrected chi connectivity index (χ4v) is 5.56. The highest BCUT2D eigenvalue weighted by Gasteiger charge is 2.33. The average molecular weight is 672 g/mol. The molecule has 242 valence electrons. The second-order valence-corrected chi connectivity index (χ2v) is 11.7. The zero-order valence-corrected chi connectivity index (χ0v) is 24.7. The Morgan fingerprint density at radius 1 is 0.617 bits per heavy atom. The molecule has 0 aliphatic rings. The summed E-state index contributed by atoms with van der Waals surface area (Å²) in [5, 5.41) is 0. The zero-order valence-electron chi connectivity index (χ0n) is 23.9. The van der Waals surface area contributed by atoms with Gasteiger partial charge >= 0.3 is 18.3 Å². The van der Waals surface area contributed by atoms with E-state index in [1.165, 1.54) is 24.3 Å². The first-order chi connectivity index (χ1) is 22.2. The Morgan fingerprint density at radius 3 is 1.68 bits per heavy atom. The maximum Gasteiger partial charge on any atom is 0.416 e. The van der Waals surface area contributed by atoms with Crippen LogP contribution in [0.1, 0.15) is 38.7 Å². The van der Waals surface area contributed by atoms with Gasteiger partial charge in [0.05, 0.1) is 21.7 Å². The smallest absolute Gasteiger partial charge is 0.416 e. The fraction of sp³-hybridized carbons (Fsp3) is 0.0882. The van der Waals surface area contributed by atoms with Crippen LogP contribution in [0.25, 0.3) is 0 Å². The summed E-state index contributed by atoms with van der Waals surface area (Å²) in [5.41, 5.74) is -1.85. The van der Waals surface area contributed by atoms with Crippen molar-refractivity contribution >= 4 is 21.7 Å². The Balaban J connectivity index is 1.48. The predicted molar refractivity (Wildman–Crippen MR) is 160 cm³/mol. The number of sulfonamides is 1. The van der Waals surface area contributed by atoms with Gasteiger partial charge in [0.15, 0.2) is 11.9 Å². The van der Waals surface area contributed by atoms with Gasteiger partial charge in [0.2, 0.25) is 0 Å². The molecule has 0 fully saturated rings. The molecule has 5 aromatic carbocycles. The van der Waals surface area contributed by atoms with E-state index in [1.807, 2.05) is 4.72 Å². The quantitative estimate of drug-likeness (QED) is 0.125. The summed E-state index contributed by atoms with van der Waals surface area (Å²) in [7, 11) is -4.71. The lowest BCUT2D eigenvalue weighted by Crippen LogP contribution is -2.16. The van der Waals surface area contributed by atoms with Gasteiger partial charge in [0.25, 0.3) is 10.0 Å². The molecule has 1 N–H and O–H groups in total. The number of carbonyl (C=O) groups is 1. The minimum absolute atomic E-state index is 0.124. The van der Waals surface area contributed by atoms with Crippen LogP contribution in [0, 0.1) is 0 Å². The summed E-state index contributed by atoms with van der Waals surface area (Å²) in [5.74, 6) is -1.46. The molecule has 0 radical (unpaired) electrons. The molecular formula is C34H23F6NO5S. The van der Waals surface area contributed by atoms with Crippen molar-refractivity contribution in [1.29, 1.82) is 0 Å². The molecule has 0 amide bonds. The van der Waals surface area contributed by atoms with Gasteiger partial charge in [-0.3, -0.25) is 4.72 Å². The average Bonchev–Trinajstić information content (AvgIpc) is 3.04. The number of hydrogen-bond acceptors (Lipinski definition) is 5. The molecule has 0 aliphatic carbocycles. The molecule has 6 nitrogen and oxygen atoms in total. The van der Waals surface area contributed by atoms with Crippen LogP contribution in [-0.2, 0) is 27.1 Å². The van der Waals surface area contributed by atoms with E-state index >= 15 is 0 Å². The van der Waals surface area contributed by atoms with Gasteiger partial charge in [-0.05, 0) is 65.7 Å². The maximum atomic E-state index is 13.6. The van der Waals surface area contributed by atoms with Gasteiger partial charge in [-0.2, -0.15) is 26.3 Å². The zero-order chi connectivity index (χ0) is 33.8. The SMILES string of the molecule is O=C(OC(c1ccccc1)c1ccccc1)c1ccccc1Oc1ccc(C(F)(F)F)cc1NS(=O)(=O)c1ccc(C(F)(F)F)cc1. The highest BCUT2D eigenvalue weighted by molar-refractivity contribution is 7.92.